The van der Waals surface area contributed by atoms with E-state index in [4.69, 9.17) is 9.52 Å². The molecule has 1 aromatic heterocycles. The maximum Gasteiger partial charge on any atom is 0.181 e. The third-order valence-electron chi connectivity index (χ3n) is 1.60. The molecule has 2 aromatic rings. The average Bonchev–Trinajstić information content (AvgIpc) is 2.75. The smallest absolute Gasteiger partial charge is 0.181 e. The van der Waals surface area contributed by atoms with Gasteiger partial charge in [0.1, 0.15) is 17.7 Å². The number of aromatic hydroxyl groups is 1. The molecular formula is C11H13NO2. The highest BCUT2D eigenvalue weighted by molar-refractivity contribution is 5.58. The Bertz CT molecular complexity index is 351. The maximum absolute atomic E-state index is 9.01. The fraction of sp³-hybridized carbons (Fsp3) is 0.182. The van der Waals surface area contributed by atoms with Crippen molar-refractivity contribution in [2.75, 3.05) is 0 Å². The fourth-order valence-electron chi connectivity index (χ4n) is 0.987. The normalized spacial score (nSPS) is 9.00. The molecule has 0 atom stereocenters. The molecule has 0 aliphatic rings. The van der Waals surface area contributed by atoms with E-state index < -0.39 is 0 Å². The molecule has 0 aliphatic heterocycles. The minimum Gasteiger partial charge on any atom is -0.508 e. The van der Waals surface area contributed by atoms with Gasteiger partial charge < -0.3 is 9.52 Å². The summed E-state index contributed by atoms with van der Waals surface area (Å²) in [5.74, 6) is 0.252. The molecule has 14 heavy (non-hydrogen) atoms. The van der Waals surface area contributed by atoms with Crippen molar-refractivity contribution in [3.05, 3.63) is 36.9 Å². The van der Waals surface area contributed by atoms with Crippen LogP contribution in [-0.4, -0.2) is 10.1 Å². The molecule has 1 heterocycles. The van der Waals surface area contributed by atoms with Crippen LogP contribution in [0.15, 0.2) is 41.3 Å². The zero-order valence-corrected chi connectivity index (χ0v) is 8.27. The van der Waals surface area contributed by atoms with Crippen molar-refractivity contribution < 1.29 is 9.52 Å². The second-order valence-electron chi connectivity index (χ2n) is 2.42. The lowest BCUT2D eigenvalue weighted by Gasteiger charge is -1.94. The summed E-state index contributed by atoms with van der Waals surface area (Å²) in [4.78, 5) is 3.97. The van der Waals surface area contributed by atoms with Gasteiger partial charge in [0.15, 0.2) is 6.39 Å². The highest BCUT2D eigenvalue weighted by atomic mass is 16.3. The Kier molecular flexibility index (Phi) is 3.73. The first-order chi connectivity index (χ1) is 6.86. The zero-order chi connectivity index (χ0) is 10.4. The molecule has 0 fully saturated rings. The van der Waals surface area contributed by atoms with Gasteiger partial charge in [-0.3, -0.25) is 0 Å². The maximum atomic E-state index is 9.01. The van der Waals surface area contributed by atoms with Crippen molar-refractivity contribution in [1.82, 2.24) is 4.98 Å². The summed E-state index contributed by atoms with van der Waals surface area (Å²) in [6, 6.07) is 6.80. The first-order valence-electron chi connectivity index (χ1n) is 4.54. The van der Waals surface area contributed by atoms with Gasteiger partial charge in [0, 0.05) is 5.56 Å². The van der Waals surface area contributed by atoms with Gasteiger partial charge in [0.25, 0.3) is 0 Å². The Labute approximate surface area is 83.0 Å². The third-order valence-corrected chi connectivity index (χ3v) is 1.60. The Morgan fingerprint density at radius 3 is 2.29 bits per heavy atom. The van der Waals surface area contributed by atoms with E-state index in [1.54, 1.807) is 30.5 Å². The van der Waals surface area contributed by atoms with Gasteiger partial charge >= 0.3 is 0 Å². The number of aromatic nitrogens is 1. The third kappa shape index (κ3) is 2.36. The Balaban J connectivity index is 0.000000461. The molecule has 0 aliphatic carbocycles. The molecule has 3 nitrogen and oxygen atoms in total. The van der Waals surface area contributed by atoms with Gasteiger partial charge in [0.2, 0.25) is 0 Å². The van der Waals surface area contributed by atoms with E-state index >= 15 is 0 Å². The van der Waals surface area contributed by atoms with E-state index in [-0.39, 0.29) is 5.75 Å². The van der Waals surface area contributed by atoms with Crippen molar-refractivity contribution >= 4 is 0 Å². The van der Waals surface area contributed by atoms with E-state index in [0.717, 1.165) is 11.3 Å². The molecule has 0 bridgehead atoms. The minimum atomic E-state index is 0.252. The highest BCUT2D eigenvalue weighted by Gasteiger charge is 1.98. The summed E-state index contributed by atoms with van der Waals surface area (Å²) in [5.41, 5.74) is 1.71. The van der Waals surface area contributed by atoms with Crippen LogP contribution in [0.2, 0.25) is 0 Å². The second-order valence-corrected chi connectivity index (χ2v) is 2.42. The van der Waals surface area contributed by atoms with Crippen LogP contribution in [0.3, 0.4) is 0 Å². The van der Waals surface area contributed by atoms with Crippen molar-refractivity contribution in [3.8, 4) is 17.0 Å². The van der Waals surface area contributed by atoms with Gasteiger partial charge in [-0.25, -0.2) is 4.98 Å². The molecule has 74 valence electrons. The summed E-state index contributed by atoms with van der Waals surface area (Å²) in [5, 5.41) is 9.01. The first kappa shape index (κ1) is 10.3. The van der Waals surface area contributed by atoms with Crippen LogP contribution in [0.25, 0.3) is 11.3 Å². The summed E-state index contributed by atoms with van der Waals surface area (Å²) in [6.07, 6.45) is 2.94. The summed E-state index contributed by atoms with van der Waals surface area (Å²) >= 11 is 0. The van der Waals surface area contributed by atoms with Crippen LogP contribution in [-0.2, 0) is 0 Å². The van der Waals surface area contributed by atoms with E-state index in [9.17, 15) is 0 Å². The molecule has 0 spiro atoms. The number of benzene rings is 1. The lowest BCUT2D eigenvalue weighted by molar-refractivity contribution is 0.475. The van der Waals surface area contributed by atoms with E-state index in [0.29, 0.717) is 0 Å². The molecule has 1 N–H and O–H groups in total. The number of rotatable bonds is 1. The standard InChI is InChI=1S/C9H7NO2.C2H6/c11-8-3-1-7(2-4-8)9-5-12-6-10-9;1-2/h1-6,11H;1-2H3. The lowest BCUT2D eigenvalue weighted by atomic mass is 10.2. The molecule has 2 rings (SSSR count). The predicted molar refractivity (Wildman–Crippen MR) is 55.0 cm³/mol. The second kappa shape index (κ2) is 5.07. The van der Waals surface area contributed by atoms with Crippen LogP contribution in [0.4, 0.5) is 0 Å². The molecular weight excluding hydrogens is 178 g/mol. The lowest BCUT2D eigenvalue weighted by Crippen LogP contribution is -1.74. The summed E-state index contributed by atoms with van der Waals surface area (Å²) in [6.45, 7) is 4.00. The number of phenols is 1. The number of phenolic OH excluding ortho intramolecular Hbond substituents is 1. The summed E-state index contributed by atoms with van der Waals surface area (Å²) < 4.78 is 4.83. The Morgan fingerprint density at radius 2 is 1.79 bits per heavy atom. The largest absolute Gasteiger partial charge is 0.508 e. The Morgan fingerprint density at radius 1 is 1.14 bits per heavy atom. The summed E-state index contributed by atoms with van der Waals surface area (Å²) in [7, 11) is 0. The molecule has 0 amide bonds. The fourth-order valence-corrected chi connectivity index (χ4v) is 0.987. The van der Waals surface area contributed by atoms with Crippen molar-refractivity contribution in [3.63, 3.8) is 0 Å². The topological polar surface area (TPSA) is 46.3 Å². The monoisotopic (exact) mass is 191 g/mol. The molecule has 0 saturated carbocycles. The van der Waals surface area contributed by atoms with E-state index in [1.807, 2.05) is 13.8 Å². The zero-order valence-electron chi connectivity index (χ0n) is 8.27. The molecule has 1 aromatic carbocycles. The number of nitrogens with zero attached hydrogens (tertiary/aromatic N) is 1. The quantitative estimate of drug-likeness (QED) is 0.753. The van der Waals surface area contributed by atoms with Crippen molar-refractivity contribution in [1.29, 1.82) is 0 Å². The average molecular weight is 191 g/mol. The van der Waals surface area contributed by atoms with Crippen molar-refractivity contribution in [2.45, 2.75) is 13.8 Å². The number of hydrogen-bond acceptors (Lipinski definition) is 3. The van der Waals surface area contributed by atoms with Gasteiger partial charge in [-0.05, 0) is 24.3 Å². The van der Waals surface area contributed by atoms with Gasteiger partial charge in [-0.1, -0.05) is 13.8 Å². The van der Waals surface area contributed by atoms with Crippen LogP contribution in [0.1, 0.15) is 13.8 Å². The molecule has 0 saturated heterocycles. The number of oxazole rings is 1. The van der Waals surface area contributed by atoms with Gasteiger partial charge in [-0.2, -0.15) is 0 Å². The van der Waals surface area contributed by atoms with Crippen LogP contribution in [0, 0.1) is 0 Å². The SMILES string of the molecule is CC.Oc1ccc(-c2cocn2)cc1. The first-order valence-corrected chi connectivity index (χ1v) is 4.54. The van der Waals surface area contributed by atoms with Crippen LogP contribution >= 0.6 is 0 Å². The molecule has 3 heteroatoms. The predicted octanol–water partition coefficient (Wildman–Crippen LogP) is 3.07. The van der Waals surface area contributed by atoms with Crippen LogP contribution < -0.4 is 0 Å². The van der Waals surface area contributed by atoms with Crippen molar-refractivity contribution in [2.24, 2.45) is 0 Å². The highest BCUT2D eigenvalue weighted by Crippen LogP contribution is 2.19. The van der Waals surface area contributed by atoms with E-state index in [2.05, 4.69) is 4.98 Å². The number of hydrogen-bond donors (Lipinski definition) is 1. The van der Waals surface area contributed by atoms with E-state index in [1.165, 1.54) is 6.39 Å². The van der Waals surface area contributed by atoms with Gasteiger partial charge in [-0.15, -0.1) is 0 Å². The molecule has 0 radical (unpaired) electrons. The molecule has 0 unspecified atom stereocenters. The van der Waals surface area contributed by atoms with Crippen LogP contribution in [0.5, 0.6) is 5.75 Å². The van der Waals surface area contributed by atoms with Gasteiger partial charge in [0.05, 0.1) is 0 Å². The minimum absolute atomic E-state index is 0.252. The Hall–Kier alpha value is -1.77.